The molecule has 5 rings (SSSR count). The number of fused-ring (bicyclic) bond motifs is 7. The summed E-state index contributed by atoms with van der Waals surface area (Å²) in [5, 5.41) is 3.68. The molecule has 0 aliphatic carbocycles. The van der Waals surface area contributed by atoms with Crippen molar-refractivity contribution in [3.05, 3.63) is 66.1 Å². The van der Waals surface area contributed by atoms with Crippen LogP contribution in [-0.2, 0) is 12.8 Å². The van der Waals surface area contributed by atoms with E-state index in [0.717, 1.165) is 41.1 Å². The Bertz CT molecular complexity index is 983. The van der Waals surface area contributed by atoms with E-state index in [1.54, 1.807) is 0 Å². The van der Waals surface area contributed by atoms with Gasteiger partial charge in [0.05, 0.1) is 16.6 Å². The van der Waals surface area contributed by atoms with Crippen LogP contribution in [0.25, 0.3) is 32.9 Å². The second-order valence-corrected chi connectivity index (χ2v) is 5.54. The third-order valence-electron chi connectivity index (χ3n) is 4.32. The standard InChI is InChI=1S/C19H13NO/c1-2-6-12(7-3-1)19-18-16-11-10-15(21-16)17(18)13-8-4-5-9-14(13)20-19/h1-9H,10-11H2. The minimum absolute atomic E-state index is 1.00. The fourth-order valence-corrected chi connectivity index (χ4v) is 3.41. The fourth-order valence-electron chi connectivity index (χ4n) is 3.41. The molecule has 0 fully saturated rings. The molecule has 1 aliphatic rings. The van der Waals surface area contributed by atoms with Gasteiger partial charge >= 0.3 is 0 Å². The van der Waals surface area contributed by atoms with Crippen molar-refractivity contribution in [2.45, 2.75) is 12.8 Å². The molecule has 3 heterocycles. The number of hydrogen-bond acceptors (Lipinski definition) is 2. The Labute approximate surface area is 122 Å². The van der Waals surface area contributed by atoms with Crippen molar-refractivity contribution in [3.63, 3.8) is 0 Å². The molecule has 2 nitrogen and oxygen atoms in total. The highest BCUT2D eigenvalue weighted by atomic mass is 16.3. The van der Waals surface area contributed by atoms with Crippen LogP contribution in [0, 0.1) is 0 Å². The molecule has 0 N–H and O–H groups in total. The number of aromatic nitrogens is 1. The lowest BCUT2D eigenvalue weighted by molar-refractivity contribution is 0.542. The Morgan fingerprint density at radius 1 is 0.762 bits per heavy atom. The Morgan fingerprint density at radius 2 is 1.48 bits per heavy atom. The molecule has 0 saturated carbocycles. The predicted octanol–water partition coefficient (Wildman–Crippen LogP) is 4.75. The molecule has 0 spiro atoms. The highest BCUT2D eigenvalue weighted by Gasteiger charge is 2.25. The van der Waals surface area contributed by atoms with Crippen molar-refractivity contribution in [2.75, 3.05) is 0 Å². The van der Waals surface area contributed by atoms with Gasteiger partial charge in [0.1, 0.15) is 11.5 Å². The lowest BCUT2D eigenvalue weighted by Crippen LogP contribution is -1.95. The van der Waals surface area contributed by atoms with Gasteiger partial charge in [0.15, 0.2) is 0 Å². The SMILES string of the molecule is c1ccc(-c2nc3ccccc3c3c4oc(c23)CC4)cc1. The first-order valence-corrected chi connectivity index (χ1v) is 7.30. The summed E-state index contributed by atoms with van der Waals surface area (Å²) in [6.07, 6.45) is 2.02. The molecule has 100 valence electrons. The van der Waals surface area contributed by atoms with Crippen molar-refractivity contribution in [1.29, 1.82) is 0 Å². The highest BCUT2D eigenvalue weighted by molar-refractivity contribution is 6.13. The van der Waals surface area contributed by atoms with Gasteiger partial charge in [-0.15, -0.1) is 0 Å². The van der Waals surface area contributed by atoms with Crippen molar-refractivity contribution < 1.29 is 4.42 Å². The molecular formula is C19H13NO. The average molecular weight is 271 g/mol. The van der Waals surface area contributed by atoms with Crippen LogP contribution in [0.3, 0.4) is 0 Å². The third-order valence-corrected chi connectivity index (χ3v) is 4.32. The van der Waals surface area contributed by atoms with Crippen LogP contribution in [0.1, 0.15) is 11.5 Å². The highest BCUT2D eigenvalue weighted by Crippen LogP contribution is 2.42. The van der Waals surface area contributed by atoms with Gasteiger partial charge in [-0.3, -0.25) is 0 Å². The molecular weight excluding hydrogens is 258 g/mol. The van der Waals surface area contributed by atoms with Crippen LogP contribution in [0.15, 0.2) is 59.0 Å². The topological polar surface area (TPSA) is 26.0 Å². The van der Waals surface area contributed by atoms with E-state index in [1.807, 2.05) is 12.1 Å². The summed E-state index contributed by atoms with van der Waals surface area (Å²) in [6, 6.07) is 18.7. The molecule has 21 heavy (non-hydrogen) atoms. The monoisotopic (exact) mass is 271 g/mol. The Kier molecular flexibility index (Phi) is 2.09. The molecule has 1 aliphatic heterocycles. The van der Waals surface area contributed by atoms with E-state index in [2.05, 4.69) is 42.5 Å². The first-order chi connectivity index (χ1) is 10.4. The minimum Gasteiger partial charge on any atom is -0.465 e. The van der Waals surface area contributed by atoms with Gasteiger partial charge in [-0.1, -0.05) is 48.5 Å². The van der Waals surface area contributed by atoms with Crippen LogP contribution in [-0.4, -0.2) is 4.98 Å². The lowest BCUT2D eigenvalue weighted by Gasteiger charge is -2.10. The summed E-state index contributed by atoms with van der Waals surface area (Å²) in [5.41, 5.74) is 3.25. The van der Waals surface area contributed by atoms with Crippen LogP contribution >= 0.6 is 0 Å². The zero-order valence-corrected chi connectivity index (χ0v) is 11.5. The smallest absolute Gasteiger partial charge is 0.114 e. The van der Waals surface area contributed by atoms with Gasteiger partial charge in [-0.05, 0) is 6.07 Å². The summed E-state index contributed by atoms with van der Waals surface area (Å²) >= 11 is 0. The van der Waals surface area contributed by atoms with Gasteiger partial charge in [-0.25, -0.2) is 4.98 Å². The minimum atomic E-state index is 1.00. The van der Waals surface area contributed by atoms with E-state index < -0.39 is 0 Å². The summed E-state index contributed by atoms with van der Waals surface area (Å²) < 4.78 is 6.01. The summed E-state index contributed by atoms with van der Waals surface area (Å²) in [7, 11) is 0. The summed E-state index contributed by atoms with van der Waals surface area (Å²) in [5.74, 6) is 2.22. The Balaban J connectivity index is 2.01. The normalized spacial score (nSPS) is 13.3. The number of para-hydroxylation sites is 1. The quantitative estimate of drug-likeness (QED) is 0.499. The zero-order chi connectivity index (χ0) is 13.8. The number of nitrogens with zero attached hydrogens (tertiary/aromatic N) is 1. The lowest BCUT2D eigenvalue weighted by atomic mass is 9.95. The molecule has 2 aromatic carbocycles. The second-order valence-electron chi connectivity index (χ2n) is 5.54. The molecule has 2 heteroatoms. The maximum atomic E-state index is 6.01. The molecule has 0 unspecified atom stereocenters. The van der Waals surface area contributed by atoms with Crippen LogP contribution in [0.4, 0.5) is 0 Å². The van der Waals surface area contributed by atoms with E-state index >= 15 is 0 Å². The van der Waals surface area contributed by atoms with Crippen molar-refractivity contribution in [1.82, 2.24) is 4.98 Å². The maximum Gasteiger partial charge on any atom is 0.114 e. The van der Waals surface area contributed by atoms with E-state index in [9.17, 15) is 0 Å². The predicted molar refractivity (Wildman–Crippen MR) is 84.4 cm³/mol. The van der Waals surface area contributed by atoms with Gasteiger partial charge in [0.25, 0.3) is 0 Å². The molecule has 0 amide bonds. The number of aryl methyl sites for hydroxylation is 2. The molecule has 2 aromatic heterocycles. The molecule has 0 radical (unpaired) electrons. The van der Waals surface area contributed by atoms with Crippen molar-refractivity contribution in [3.8, 4) is 11.3 Å². The zero-order valence-electron chi connectivity index (χ0n) is 11.5. The Morgan fingerprint density at radius 3 is 2.33 bits per heavy atom. The van der Waals surface area contributed by atoms with E-state index in [4.69, 9.17) is 9.40 Å². The molecule has 2 bridgehead atoms. The molecule has 0 atom stereocenters. The fraction of sp³-hybridized carbons (Fsp3) is 0.105. The molecule has 0 saturated heterocycles. The van der Waals surface area contributed by atoms with Gasteiger partial charge < -0.3 is 4.42 Å². The van der Waals surface area contributed by atoms with Crippen molar-refractivity contribution in [2.24, 2.45) is 0 Å². The van der Waals surface area contributed by atoms with Gasteiger partial charge in [0, 0.05) is 29.2 Å². The number of benzene rings is 2. The van der Waals surface area contributed by atoms with E-state index in [0.29, 0.717) is 0 Å². The Hall–Kier alpha value is -2.61. The van der Waals surface area contributed by atoms with Crippen LogP contribution < -0.4 is 0 Å². The van der Waals surface area contributed by atoms with E-state index in [1.165, 1.54) is 16.2 Å². The van der Waals surface area contributed by atoms with Gasteiger partial charge in [0.2, 0.25) is 0 Å². The second kappa shape index (κ2) is 3.95. The average Bonchev–Trinajstić information content (AvgIpc) is 3.17. The first kappa shape index (κ1) is 11.1. The van der Waals surface area contributed by atoms with E-state index in [-0.39, 0.29) is 0 Å². The first-order valence-electron chi connectivity index (χ1n) is 7.30. The summed E-state index contributed by atoms with van der Waals surface area (Å²) in [4.78, 5) is 4.92. The largest absolute Gasteiger partial charge is 0.465 e. The third kappa shape index (κ3) is 1.44. The number of rotatable bonds is 1. The number of hydrogen-bond donors (Lipinski definition) is 0. The van der Waals surface area contributed by atoms with Crippen molar-refractivity contribution >= 4 is 21.7 Å². The number of pyridine rings is 1. The number of furan rings is 1. The summed E-state index contributed by atoms with van der Waals surface area (Å²) in [6.45, 7) is 0. The van der Waals surface area contributed by atoms with Gasteiger partial charge in [-0.2, -0.15) is 0 Å². The molecule has 4 aromatic rings. The maximum absolute atomic E-state index is 6.01. The van der Waals surface area contributed by atoms with Crippen LogP contribution in [0.5, 0.6) is 0 Å². The van der Waals surface area contributed by atoms with Crippen LogP contribution in [0.2, 0.25) is 0 Å².